The van der Waals surface area contributed by atoms with Crippen LogP contribution < -0.4 is 5.43 Å². The highest BCUT2D eigenvalue weighted by Crippen LogP contribution is 2.24. The smallest absolute Gasteiger partial charge is 0.250 e. The fourth-order valence-corrected chi connectivity index (χ4v) is 3.37. The normalized spacial score (nSPS) is 11.3. The molecule has 0 saturated carbocycles. The minimum absolute atomic E-state index is 0.153. The van der Waals surface area contributed by atoms with Crippen molar-refractivity contribution < 1.29 is 9.90 Å². The Hall–Kier alpha value is -2.32. The van der Waals surface area contributed by atoms with Gasteiger partial charge in [0.15, 0.2) is 5.16 Å². The van der Waals surface area contributed by atoms with Gasteiger partial charge in [0.05, 0.1) is 27.5 Å². The molecule has 2 N–H and O–H groups in total. The summed E-state index contributed by atoms with van der Waals surface area (Å²) in [7, 11) is 1.93. The van der Waals surface area contributed by atoms with E-state index in [9.17, 15) is 9.90 Å². The van der Waals surface area contributed by atoms with Crippen LogP contribution in [-0.4, -0.2) is 32.5 Å². The van der Waals surface area contributed by atoms with Crippen molar-refractivity contribution >= 4 is 50.8 Å². The predicted molar refractivity (Wildman–Crippen MR) is 103 cm³/mol. The van der Waals surface area contributed by atoms with Crippen molar-refractivity contribution in [1.82, 2.24) is 15.0 Å². The molecular formula is C17H15BrN4O2S. The summed E-state index contributed by atoms with van der Waals surface area (Å²) in [6, 6.07) is 12.8. The molecule has 0 aliphatic rings. The standard InChI is InChI=1S/C17H15BrN4O2S/c1-22-14-5-3-2-4-13(14)20-17(22)25-10-16(24)21-19-9-11-6-7-15(23)12(18)8-11/h2-9,23H,10H2,1H3,(H,21,24)/b19-9-. The molecule has 2 aromatic carbocycles. The summed E-state index contributed by atoms with van der Waals surface area (Å²) in [6.07, 6.45) is 1.52. The minimum Gasteiger partial charge on any atom is -0.507 e. The largest absolute Gasteiger partial charge is 0.507 e. The van der Waals surface area contributed by atoms with Crippen LogP contribution in [0.5, 0.6) is 5.75 Å². The van der Waals surface area contributed by atoms with Crippen molar-refractivity contribution in [2.45, 2.75) is 5.16 Å². The number of benzene rings is 2. The van der Waals surface area contributed by atoms with E-state index in [4.69, 9.17) is 0 Å². The number of fused-ring (bicyclic) bond motifs is 1. The number of thioether (sulfide) groups is 1. The number of phenolic OH excluding ortho intramolecular Hbond substituents is 1. The Balaban J connectivity index is 1.56. The van der Waals surface area contributed by atoms with Crippen LogP contribution in [0.3, 0.4) is 0 Å². The van der Waals surface area contributed by atoms with Crippen molar-refractivity contribution in [2.24, 2.45) is 12.1 Å². The fraction of sp³-hybridized carbons (Fsp3) is 0.118. The van der Waals surface area contributed by atoms with Crippen LogP contribution in [0.25, 0.3) is 11.0 Å². The molecule has 0 bridgehead atoms. The molecule has 0 radical (unpaired) electrons. The van der Waals surface area contributed by atoms with Crippen LogP contribution in [0.1, 0.15) is 5.56 Å². The van der Waals surface area contributed by atoms with Gasteiger partial charge in [-0.2, -0.15) is 5.10 Å². The van der Waals surface area contributed by atoms with Crippen LogP contribution in [0.15, 0.2) is 57.2 Å². The lowest BCUT2D eigenvalue weighted by atomic mass is 10.2. The van der Waals surface area contributed by atoms with Gasteiger partial charge in [-0.15, -0.1) is 0 Å². The first kappa shape index (κ1) is 17.5. The number of carbonyl (C=O) groups excluding carboxylic acids is 1. The molecule has 1 amide bonds. The number of halogens is 1. The average molecular weight is 419 g/mol. The SMILES string of the molecule is Cn1c(SCC(=O)N/N=C\c2ccc(O)c(Br)c2)nc2ccccc21. The van der Waals surface area contributed by atoms with E-state index in [0.29, 0.717) is 4.47 Å². The third-order valence-electron chi connectivity index (χ3n) is 3.45. The van der Waals surface area contributed by atoms with Gasteiger partial charge in [-0.3, -0.25) is 4.79 Å². The van der Waals surface area contributed by atoms with Crippen molar-refractivity contribution in [1.29, 1.82) is 0 Å². The maximum atomic E-state index is 11.9. The Labute approximate surface area is 157 Å². The lowest BCUT2D eigenvalue weighted by molar-refractivity contribution is -0.118. The first-order chi connectivity index (χ1) is 12.0. The van der Waals surface area contributed by atoms with E-state index in [0.717, 1.165) is 21.8 Å². The molecule has 0 atom stereocenters. The molecular weight excluding hydrogens is 404 g/mol. The summed E-state index contributed by atoms with van der Waals surface area (Å²) in [5.41, 5.74) is 5.18. The van der Waals surface area contributed by atoms with Gasteiger partial charge in [-0.1, -0.05) is 23.9 Å². The highest BCUT2D eigenvalue weighted by Gasteiger charge is 2.09. The molecule has 3 rings (SSSR count). The average Bonchev–Trinajstić information content (AvgIpc) is 2.93. The van der Waals surface area contributed by atoms with E-state index in [1.54, 1.807) is 18.2 Å². The molecule has 1 aromatic heterocycles. The third kappa shape index (κ3) is 4.21. The van der Waals surface area contributed by atoms with E-state index < -0.39 is 0 Å². The zero-order valence-corrected chi connectivity index (χ0v) is 15.7. The first-order valence-electron chi connectivity index (χ1n) is 7.39. The minimum atomic E-state index is -0.217. The number of nitrogens with one attached hydrogen (secondary N) is 1. The number of hydrazone groups is 1. The van der Waals surface area contributed by atoms with Crippen LogP contribution in [-0.2, 0) is 11.8 Å². The van der Waals surface area contributed by atoms with Gasteiger partial charge in [0, 0.05) is 7.05 Å². The second-order valence-electron chi connectivity index (χ2n) is 5.23. The van der Waals surface area contributed by atoms with Gasteiger partial charge < -0.3 is 9.67 Å². The summed E-state index contributed by atoms with van der Waals surface area (Å²) in [4.78, 5) is 16.4. The lowest BCUT2D eigenvalue weighted by Crippen LogP contribution is -2.19. The Morgan fingerprint density at radius 3 is 2.96 bits per heavy atom. The molecule has 0 fully saturated rings. The van der Waals surface area contributed by atoms with Crippen molar-refractivity contribution in [2.75, 3.05) is 5.75 Å². The van der Waals surface area contributed by atoms with E-state index in [2.05, 4.69) is 31.4 Å². The van der Waals surface area contributed by atoms with E-state index in [-0.39, 0.29) is 17.4 Å². The summed E-state index contributed by atoms with van der Waals surface area (Å²) < 4.78 is 2.53. The van der Waals surface area contributed by atoms with E-state index >= 15 is 0 Å². The summed E-state index contributed by atoms with van der Waals surface area (Å²) in [5.74, 6) is 0.152. The van der Waals surface area contributed by atoms with Crippen molar-refractivity contribution in [3.63, 3.8) is 0 Å². The van der Waals surface area contributed by atoms with Crippen LogP contribution in [0.2, 0.25) is 0 Å². The highest BCUT2D eigenvalue weighted by molar-refractivity contribution is 9.10. The number of hydrogen-bond acceptors (Lipinski definition) is 5. The molecule has 0 spiro atoms. The number of phenols is 1. The fourth-order valence-electron chi connectivity index (χ4n) is 2.20. The topological polar surface area (TPSA) is 79.5 Å². The second kappa shape index (κ2) is 7.71. The summed E-state index contributed by atoms with van der Waals surface area (Å²) in [6.45, 7) is 0. The number of aromatic nitrogens is 2. The molecule has 25 heavy (non-hydrogen) atoms. The van der Waals surface area contributed by atoms with Gasteiger partial charge in [-0.25, -0.2) is 10.4 Å². The van der Waals surface area contributed by atoms with Crippen LogP contribution in [0, 0.1) is 0 Å². The van der Waals surface area contributed by atoms with Gasteiger partial charge in [0.1, 0.15) is 5.75 Å². The Bertz CT molecular complexity index is 955. The summed E-state index contributed by atoms with van der Waals surface area (Å²) in [5, 5.41) is 14.1. The second-order valence-corrected chi connectivity index (χ2v) is 7.03. The number of imidazole rings is 1. The van der Waals surface area contributed by atoms with Gasteiger partial charge >= 0.3 is 0 Å². The molecule has 3 aromatic rings. The molecule has 0 saturated heterocycles. The monoisotopic (exact) mass is 418 g/mol. The molecule has 0 aliphatic heterocycles. The molecule has 1 heterocycles. The molecule has 6 nitrogen and oxygen atoms in total. The van der Waals surface area contributed by atoms with Crippen molar-refractivity contribution in [3.8, 4) is 5.75 Å². The van der Waals surface area contributed by atoms with Gasteiger partial charge in [0.2, 0.25) is 0 Å². The number of carbonyl (C=O) groups is 1. The summed E-state index contributed by atoms with van der Waals surface area (Å²) >= 11 is 4.58. The highest BCUT2D eigenvalue weighted by atomic mass is 79.9. The molecule has 128 valence electrons. The maximum Gasteiger partial charge on any atom is 0.250 e. The van der Waals surface area contributed by atoms with Gasteiger partial charge in [-0.05, 0) is 51.8 Å². The van der Waals surface area contributed by atoms with Crippen LogP contribution in [0.4, 0.5) is 0 Å². The quantitative estimate of drug-likeness (QED) is 0.378. The number of nitrogens with zero attached hydrogens (tertiary/aromatic N) is 3. The molecule has 0 unspecified atom stereocenters. The van der Waals surface area contributed by atoms with Crippen molar-refractivity contribution in [3.05, 3.63) is 52.5 Å². The van der Waals surface area contributed by atoms with E-state index in [1.165, 1.54) is 18.0 Å². The van der Waals surface area contributed by atoms with Crippen LogP contribution >= 0.6 is 27.7 Å². The number of rotatable bonds is 5. The van der Waals surface area contributed by atoms with Gasteiger partial charge in [0.25, 0.3) is 5.91 Å². The number of aryl methyl sites for hydroxylation is 1. The third-order valence-corrected chi connectivity index (χ3v) is 5.12. The maximum absolute atomic E-state index is 11.9. The Morgan fingerprint density at radius 2 is 2.20 bits per heavy atom. The molecule has 8 heteroatoms. The molecule has 0 aliphatic carbocycles. The Morgan fingerprint density at radius 1 is 1.40 bits per heavy atom. The number of aromatic hydroxyl groups is 1. The number of hydrogen-bond donors (Lipinski definition) is 2. The number of amides is 1. The lowest BCUT2D eigenvalue weighted by Gasteiger charge is -2.02. The van der Waals surface area contributed by atoms with E-state index in [1.807, 2.05) is 35.9 Å². The zero-order valence-electron chi connectivity index (χ0n) is 13.3. The number of para-hydroxylation sites is 2. The predicted octanol–water partition coefficient (Wildman–Crippen LogP) is 3.28. The first-order valence-corrected chi connectivity index (χ1v) is 9.17. The Kier molecular flexibility index (Phi) is 5.40. The zero-order chi connectivity index (χ0) is 17.8.